The number of rotatable bonds is 3. The van der Waals surface area contributed by atoms with E-state index in [4.69, 9.17) is 0 Å². The Labute approximate surface area is 187 Å². The summed E-state index contributed by atoms with van der Waals surface area (Å²) in [5.41, 5.74) is 0.914. The van der Waals surface area contributed by atoms with E-state index < -0.39 is 0 Å². The molecule has 2 saturated heterocycles. The van der Waals surface area contributed by atoms with Crippen molar-refractivity contribution in [3.8, 4) is 0 Å². The highest BCUT2D eigenvalue weighted by atomic mass is 127. The van der Waals surface area contributed by atoms with Gasteiger partial charge in [-0.2, -0.15) is 0 Å². The number of piperidine rings is 1. The van der Waals surface area contributed by atoms with E-state index in [2.05, 4.69) is 20.5 Å². The van der Waals surface area contributed by atoms with Crippen LogP contribution in [0.15, 0.2) is 29.3 Å². The number of carbonyl (C=O) groups is 3. The van der Waals surface area contributed by atoms with Gasteiger partial charge in [-0.25, -0.2) is 0 Å². The molecule has 3 heterocycles. The van der Waals surface area contributed by atoms with Crippen molar-refractivity contribution in [2.45, 2.75) is 19.3 Å². The summed E-state index contributed by atoms with van der Waals surface area (Å²) in [6.07, 6.45) is 2.61. The molecule has 8 nitrogen and oxygen atoms in total. The van der Waals surface area contributed by atoms with Gasteiger partial charge in [-0.3, -0.25) is 24.3 Å². The van der Waals surface area contributed by atoms with Gasteiger partial charge in [-0.15, -0.1) is 24.0 Å². The highest BCUT2D eigenvalue weighted by molar-refractivity contribution is 14.0. The second-order valence-electron chi connectivity index (χ2n) is 7.76. The number of aliphatic imine (C=N–C) groups is 1. The van der Waals surface area contributed by atoms with Crippen molar-refractivity contribution in [2.75, 3.05) is 39.8 Å². The second kappa shape index (κ2) is 8.68. The van der Waals surface area contributed by atoms with E-state index >= 15 is 0 Å². The molecule has 1 aromatic carbocycles. The molecule has 3 amide bonds. The molecular weight excluding hydrogens is 485 g/mol. The Morgan fingerprint density at radius 1 is 1.21 bits per heavy atom. The normalized spacial score (nSPS) is 23.9. The molecule has 3 aliphatic rings. The van der Waals surface area contributed by atoms with E-state index in [1.807, 2.05) is 0 Å². The number of nitrogens with one attached hydrogen (secondary N) is 2. The lowest BCUT2D eigenvalue weighted by atomic mass is 9.79. The molecule has 1 unspecified atom stereocenters. The molecule has 4 rings (SSSR count). The lowest BCUT2D eigenvalue weighted by Gasteiger charge is -2.40. The molecule has 0 aliphatic carbocycles. The van der Waals surface area contributed by atoms with E-state index in [1.165, 1.54) is 4.90 Å². The molecule has 0 aromatic heterocycles. The number of hydrogen-bond donors (Lipinski definition) is 2. The molecule has 1 atom stereocenters. The number of hydrogen-bond acceptors (Lipinski definition) is 4. The highest BCUT2D eigenvalue weighted by Crippen LogP contribution is 2.36. The molecule has 29 heavy (non-hydrogen) atoms. The summed E-state index contributed by atoms with van der Waals surface area (Å²) < 4.78 is 0. The Morgan fingerprint density at radius 2 is 1.90 bits per heavy atom. The number of halogens is 1. The smallest absolute Gasteiger partial charge is 0.261 e. The average molecular weight is 511 g/mol. The molecule has 156 valence electrons. The number of likely N-dealkylation sites (tertiary alicyclic amines) is 1. The summed E-state index contributed by atoms with van der Waals surface area (Å²) in [6, 6.07) is 6.91. The molecule has 2 N–H and O–H groups in total. The van der Waals surface area contributed by atoms with Gasteiger partial charge in [0.1, 0.15) is 0 Å². The first-order valence-electron chi connectivity index (χ1n) is 9.70. The number of guanidine groups is 1. The average Bonchev–Trinajstić information content (AvgIpc) is 3.17. The highest BCUT2D eigenvalue weighted by Gasteiger charge is 2.42. The number of fused-ring (bicyclic) bond motifs is 1. The molecule has 1 spiro atoms. The standard InChI is InChI=1S/C20H25N5O3.HI/c1-21-19(24-9-4-7-20(13-24)11-16(26)23-12-20)22-8-10-25-17(27)14-5-2-3-6-15(14)18(25)28;/h2-3,5-6H,4,7-13H2,1H3,(H,21,22)(H,23,26);1H. The Bertz CT molecular complexity index is 823. The monoisotopic (exact) mass is 511 g/mol. The lowest BCUT2D eigenvalue weighted by molar-refractivity contribution is -0.119. The summed E-state index contributed by atoms with van der Waals surface area (Å²) in [7, 11) is 1.73. The Hall–Kier alpha value is -2.17. The van der Waals surface area contributed by atoms with Crippen molar-refractivity contribution in [3.63, 3.8) is 0 Å². The number of imide groups is 1. The van der Waals surface area contributed by atoms with Crippen LogP contribution in [0.4, 0.5) is 0 Å². The van der Waals surface area contributed by atoms with Crippen LogP contribution < -0.4 is 10.6 Å². The summed E-state index contributed by atoms with van der Waals surface area (Å²) in [5, 5.41) is 6.22. The predicted molar refractivity (Wildman–Crippen MR) is 119 cm³/mol. The van der Waals surface area contributed by atoms with Crippen molar-refractivity contribution >= 4 is 47.7 Å². The van der Waals surface area contributed by atoms with Crippen LogP contribution in [-0.4, -0.2) is 73.3 Å². The van der Waals surface area contributed by atoms with Gasteiger partial charge < -0.3 is 15.5 Å². The fraction of sp³-hybridized carbons (Fsp3) is 0.500. The maximum atomic E-state index is 12.5. The Morgan fingerprint density at radius 3 is 2.48 bits per heavy atom. The largest absolute Gasteiger partial charge is 0.355 e. The van der Waals surface area contributed by atoms with Crippen LogP contribution in [0.3, 0.4) is 0 Å². The lowest BCUT2D eigenvalue weighted by Crippen LogP contribution is -2.52. The first-order valence-corrected chi connectivity index (χ1v) is 9.70. The summed E-state index contributed by atoms with van der Waals surface area (Å²) in [4.78, 5) is 44.4. The third-order valence-electron chi connectivity index (χ3n) is 5.87. The molecule has 0 radical (unpaired) electrons. The number of amides is 3. The van der Waals surface area contributed by atoms with Crippen LogP contribution in [-0.2, 0) is 4.79 Å². The van der Waals surface area contributed by atoms with E-state index in [0.717, 1.165) is 31.9 Å². The number of carbonyl (C=O) groups excluding carboxylic acids is 3. The van der Waals surface area contributed by atoms with Gasteiger partial charge in [0, 0.05) is 51.6 Å². The Balaban J connectivity index is 0.00000240. The third kappa shape index (κ3) is 4.10. The first-order chi connectivity index (χ1) is 13.5. The maximum absolute atomic E-state index is 12.5. The van der Waals surface area contributed by atoms with Gasteiger partial charge in [-0.1, -0.05) is 12.1 Å². The van der Waals surface area contributed by atoms with Crippen LogP contribution in [0.25, 0.3) is 0 Å². The predicted octanol–water partition coefficient (Wildman–Crippen LogP) is 1.08. The van der Waals surface area contributed by atoms with Gasteiger partial charge in [0.15, 0.2) is 5.96 Å². The van der Waals surface area contributed by atoms with Crippen molar-refractivity contribution in [2.24, 2.45) is 10.4 Å². The van der Waals surface area contributed by atoms with Gasteiger partial charge in [0.2, 0.25) is 5.91 Å². The Kier molecular flexibility index (Phi) is 6.45. The van der Waals surface area contributed by atoms with Crippen molar-refractivity contribution in [3.05, 3.63) is 35.4 Å². The summed E-state index contributed by atoms with van der Waals surface area (Å²) in [6.45, 7) is 3.08. The minimum atomic E-state index is -0.246. The second-order valence-corrected chi connectivity index (χ2v) is 7.76. The third-order valence-corrected chi connectivity index (χ3v) is 5.87. The van der Waals surface area contributed by atoms with E-state index in [0.29, 0.717) is 30.6 Å². The molecular formula is C20H26IN5O3. The van der Waals surface area contributed by atoms with E-state index in [9.17, 15) is 14.4 Å². The van der Waals surface area contributed by atoms with E-state index in [1.54, 1.807) is 31.3 Å². The molecule has 2 fully saturated rings. The maximum Gasteiger partial charge on any atom is 0.261 e. The minimum Gasteiger partial charge on any atom is -0.355 e. The fourth-order valence-corrected chi connectivity index (χ4v) is 4.48. The van der Waals surface area contributed by atoms with Crippen molar-refractivity contribution in [1.29, 1.82) is 0 Å². The summed E-state index contributed by atoms with van der Waals surface area (Å²) in [5.74, 6) is 0.375. The van der Waals surface area contributed by atoms with E-state index in [-0.39, 0.29) is 53.7 Å². The molecule has 0 saturated carbocycles. The van der Waals surface area contributed by atoms with Crippen molar-refractivity contribution < 1.29 is 14.4 Å². The van der Waals surface area contributed by atoms with Crippen LogP contribution in [0, 0.1) is 5.41 Å². The zero-order valence-electron chi connectivity index (χ0n) is 16.4. The fourth-order valence-electron chi connectivity index (χ4n) is 4.48. The van der Waals surface area contributed by atoms with Gasteiger partial charge in [-0.05, 0) is 25.0 Å². The molecule has 3 aliphatic heterocycles. The quantitative estimate of drug-likeness (QED) is 0.274. The molecule has 0 bridgehead atoms. The van der Waals surface area contributed by atoms with Crippen LogP contribution in [0.2, 0.25) is 0 Å². The first kappa shape index (κ1) is 21.5. The number of nitrogens with zero attached hydrogens (tertiary/aromatic N) is 3. The van der Waals surface area contributed by atoms with Crippen LogP contribution in [0.5, 0.6) is 0 Å². The SMILES string of the molecule is CN=C(NCCN1C(=O)c2ccccc2C1=O)N1CCCC2(CNC(=O)C2)C1.I. The van der Waals surface area contributed by atoms with Crippen LogP contribution >= 0.6 is 24.0 Å². The van der Waals surface area contributed by atoms with Gasteiger partial charge >= 0.3 is 0 Å². The zero-order chi connectivity index (χ0) is 19.7. The van der Waals surface area contributed by atoms with Gasteiger partial charge in [0.25, 0.3) is 11.8 Å². The number of benzene rings is 1. The van der Waals surface area contributed by atoms with Crippen LogP contribution in [0.1, 0.15) is 40.0 Å². The topological polar surface area (TPSA) is 94.1 Å². The molecule has 1 aromatic rings. The molecule has 9 heteroatoms. The minimum absolute atomic E-state index is 0. The van der Waals surface area contributed by atoms with Gasteiger partial charge in [0.05, 0.1) is 11.1 Å². The van der Waals surface area contributed by atoms with Crippen molar-refractivity contribution in [1.82, 2.24) is 20.4 Å². The summed E-state index contributed by atoms with van der Waals surface area (Å²) >= 11 is 0. The zero-order valence-corrected chi connectivity index (χ0v) is 18.8.